The number of nitrogens with one attached hydrogen (secondary N) is 1. The first kappa shape index (κ1) is 12.0. The van der Waals surface area contributed by atoms with Crippen LogP contribution in [0.1, 0.15) is 31.4 Å². The van der Waals surface area contributed by atoms with E-state index >= 15 is 0 Å². The third kappa shape index (κ3) is 4.33. The molecule has 0 unspecified atom stereocenters. The van der Waals surface area contributed by atoms with Gasteiger partial charge in [-0.1, -0.05) is 23.7 Å². The minimum Gasteiger partial charge on any atom is -0.310 e. The zero-order chi connectivity index (χ0) is 11.1. The second-order valence-electron chi connectivity index (χ2n) is 3.49. The summed E-state index contributed by atoms with van der Waals surface area (Å²) >= 11 is 5.90. The Balaban J connectivity index is 2.40. The van der Waals surface area contributed by atoms with E-state index < -0.39 is 0 Å². The Labute approximate surface area is 95.9 Å². The van der Waals surface area contributed by atoms with Crippen molar-refractivity contribution in [3.05, 3.63) is 34.9 Å². The molecule has 80 valence electrons. The molecule has 3 heteroatoms. The van der Waals surface area contributed by atoms with Gasteiger partial charge in [0.2, 0.25) is 0 Å². The van der Waals surface area contributed by atoms with Crippen LogP contribution in [0.4, 0.5) is 0 Å². The first-order valence-corrected chi connectivity index (χ1v) is 5.47. The van der Waals surface area contributed by atoms with E-state index in [4.69, 9.17) is 16.9 Å². The number of rotatable bonds is 5. The van der Waals surface area contributed by atoms with Crippen LogP contribution < -0.4 is 5.32 Å². The Bertz CT molecular complexity index is 344. The van der Waals surface area contributed by atoms with Gasteiger partial charge in [-0.25, -0.2) is 0 Å². The molecule has 0 fully saturated rings. The summed E-state index contributed by atoms with van der Waals surface area (Å²) in [6.07, 6.45) is 1.50. The molecule has 0 spiro atoms. The summed E-state index contributed by atoms with van der Waals surface area (Å²) in [6, 6.07) is 10.2. The van der Waals surface area contributed by atoms with Crippen molar-refractivity contribution in [3.63, 3.8) is 0 Å². The van der Waals surface area contributed by atoms with Gasteiger partial charge in [0.1, 0.15) is 0 Å². The average Bonchev–Trinajstić information content (AvgIpc) is 2.24. The number of hydrogen-bond donors (Lipinski definition) is 1. The smallest absolute Gasteiger partial charge is 0.0622 e. The van der Waals surface area contributed by atoms with Gasteiger partial charge >= 0.3 is 0 Å². The molecule has 0 aromatic heterocycles. The number of halogens is 1. The highest BCUT2D eigenvalue weighted by atomic mass is 35.5. The van der Waals surface area contributed by atoms with Gasteiger partial charge in [0.25, 0.3) is 0 Å². The molecule has 1 aromatic rings. The highest BCUT2D eigenvalue weighted by molar-refractivity contribution is 6.30. The zero-order valence-corrected chi connectivity index (χ0v) is 9.59. The Morgan fingerprint density at radius 3 is 3.00 bits per heavy atom. The van der Waals surface area contributed by atoms with E-state index in [1.54, 1.807) is 0 Å². The van der Waals surface area contributed by atoms with Crippen molar-refractivity contribution in [2.24, 2.45) is 0 Å². The molecule has 0 saturated heterocycles. The fourth-order valence-electron chi connectivity index (χ4n) is 1.38. The maximum atomic E-state index is 8.39. The van der Waals surface area contributed by atoms with Crippen LogP contribution in [0.5, 0.6) is 0 Å². The van der Waals surface area contributed by atoms with Crippen LogP contribution >= 0.6 is 11.6 Å². The second-order valence-corrected chi connectivity index (χ2v) is 3.93. The van der Waals surface area contributed by atoms with E-state index in [0.29, 0.717) is 6.42 Å². The Hall–Kier alpha value is -1.04. The monoisotopic (exact) mass is 222 g/mol. The largest absolute Gasteiger partial charge is 0.310 e. The molecule has 0 bridgehead atoms. The van der Waals surface area contributed by atoms with Crippen LogP contribution in [0.15, 0.2) is 24.3 Å². The van der Waals surface area contributed by atoms with Crippen molar-refractivity contribution in [2.45, 2.75) is 25.8 Å². The molecule has 0 saturated carbocycles. The van der Waals surface area contributed by atoms with Crippen LogP contribution in [0.2, 0.25) is 5.02 Å². The van der Waals surface area contributed by atoms with E-state index in [2.05, 4.69) is 18.3 Å². The summed E-state index contributed by atoms with van der Waals surface area (Å²) in [7, 11) is 0. The maximum Gasteiger partial charge on any atom is 0.0622 e. The van der Waals surface area contributed by atoms with Crippen molar-refractivity contribution >= 4 is 11.6 Å². The van der Waals surface area contributed by atoms with E-state index in [-0.39, 0.29) is 6.04 Å². The molecule has 2 nitrogen and oxygen atoms in total. The minimum atomic E-state index is 0.280. The molecular weight excluding hydrogens is 208 g/mol. The summed E-state index contributed by atoms with van der Waals surface area (Å²) in [4.78, 5) is 0. The number of nitriles is 1. The summed E-state index contributed by atoms with van der Waals surface area (Å²) < 4.78 is 0. The van der Waals surface area contributed by atoms with E-state index in [9.17, 15) is 0 Å². The number of hydrogen-bond acceptors (Lipinski definition) is 2. The highest BCUT2D eigenvalue weighted by Gasteiger charge is 2.03. The summed E-state index contributed by atoms with van der Waals surface area (Å²) in [6.45, 7) is 2.96. The molecule has 15 heavy (non-hydrogen) atoms. The first-order chi connectivity index (χ1) is 7.24. The highest BCUT2D eigenvalue weighted by Crippen LogP contribution is 2.17. The number of nitrogens with zero attached hydrogens (tertiary/aromatic N) is 1. The molecule has 0 amide bonds. The normalized spacial score (nSPS) is 12.1. The predicted molar refractivity (Wildman–Crippen MR) is 62.7 cm³/mol. The van der Waals surface area contributed by atoms with Gasteiger partial charge in [0.15, 0.2) is 0 Å². The molecule has 0 aliphatic carbocycles. The fourth-order valence-corrected chi connectivity index (χ4v) is 1.58. The lowest BCUT2D eigenvalue weighted by molar-refractivity contribution is 0.562. The summed E-state index contributed by atoms with van der Waals surface area (Å²) in [5.41, 5.74) is 1.18. The molecule has 1 N–H and O–H groups in total. The van der Waals surface area contributed by atoms with Gasteiger partial charge in [0.05, 0.1) is 6.07 Å². The molecular formula is C12H15ClN2. The lowest BCUT2D eigenvalue weighted by atomic mass is 10.1. The molecule has 1 aromatic carbocycles. The maximum absolute atomic E-state index is 8.39. The third-order valence-electron chi connectivity index (χ3n) is 2.26. The molecule has 1 rings (SSSR count). The van der Waals surface area contributed by atoms with Crippen LogP contribution in [-0.4, -0.2) is 6.54 Å². The van der Waals surface area contributed by atoms with Crippen molar-refractivity contribution < 1.29 is 0 Å². The Morgan fingerprint density at radius 1 is 1.53 bits per heavy atom. The number of benzene rings is 1. The summed E-state index contributed by atoms with van der Waals surface area (Å²) in [5.74, 6) is 0. The van der Waals surface area contributed by atoms with Crippen molar-refractivity contribution in [2.75, 3.05) is 6.54 Å². The standard InChI is InChI=1S/C12H15ClN2/c1-10(15-8-3-2-7-14)11-5-4-6-12(13)9-11/h4-6,9-10,15H,2-3,8H2,1H3/t10-/m0/s1. The van der Waals surface area contributed by atoms with E-state index in [1.165, 1.54) is 5.56 Å². The van der Waals surface area contributed by atoms with Crippen LogP contribution in [0, 0.1) is 11.3 Å². The number of unbranched alkanes of at least 4 members (excludes halogenated alkanes) is 1. The first-order valence-electron chi connectivity index (χ1n) is 5.10. The molecule has 1 atom stereocenters. The van der Waals surface area contributed by atoms with Gasteiger partial charge in [-0.15, -0.1) is 0 Å². The third-order valence-corrected chi connectivity index (χ3v) is 2.50. The average molecular weight is 223 g/mol. The van der Waals surface area contributed by atoms with Gasteiger partial charge < -0.3 is 5.32 Å². The van der Waals surface area contributed by atoms with Gasteiger partial charge in [-0.2, -0.15) is 5.26 Å². The van der Waals surface area contributed by atoms with Crippen molar-refractivity contribution in [3.8, 4) is 6.07 Å². The van der Waals surface area contributed by atoms with Crippen LogP contribution in [0.3, 0.4) is 0 Å². The lowest BCUT2D eigenvalue weighted by Gasteiger charge is -2.13. The molecule has 0 aliphatic rings. The van der Waals surface area contributed by atoms with E-state index in [1.807, 2.05) is 24.3 Å². The predicted octanol–water partition coefficient (Wildman–Crippen LogP) is 3.29. The summed E-state index contributed by atoms with van der Waals surface area (Å²) in [5, 5.41) is 12.5. The Kier molecular flexibility index (Phi) is 5.17. The second kappa shape index (κ2) is 6.44. The lowest BCUT2D eigenvalue weighted by Crippen LogP contribution is -2.19. The van der Waals surface area contributed by atoms with Gasteiger partial charge in [0, 0.05) is 17.5 Å². The van der Waals surface area contributed by atoms with Crippen molar-refractivity contribution in [1.82, 2.24) is 5.32 Å². The SMILES string of the molecule is C[C@H](NCCCC#N)c1cccc(Cl)c1. The quantitative estimate of drug-likeness (QED) is 0.776. The molecule has 0 heterocycles. The topological polar surface area (TPSA) is 35.8 Å². The molecule has 0 aliphatic heterocycles. The van der Waals surface area contributed by atoms with Gasteiger partial charge in [-0.05, 0) is 37.6 Å². The van der Waals surface area contributed by atoms with Gasteiger partial charge in [-0.3, -0.25) is 0 Å². The fraction of sp³-hybridized carbons (Fsp3) is 0.417. The van der Waals surface area contributed by atoms with Crippen LogP contribution in [0.25, 0.3) is 0 Å². The minimum absolute atomic E-state index is 0.280. The van der Waals surface area contributed by atoms with Crippen LogP contribution in [-0.2, 0) is 0 Å². The van der Waals surface area contributed by atoms with Crippen molar-refractivity contribution in [1.29, 1.82) is 5.26 Å². The zero-order valence-electron chi connectivity index (χ0n) is 8.83. The Morgan fingerprint density at radius 2 is 2.33 bits per heavy atom. The van der Waals surface area contributed by atoms with E-state index in [0.717, 1.165) is 18.0 Å². The molecule has 0 radical (unpaired) electrons.